The van der Waals surface area contributed by atoms with Gasteiger partial charge in [-0.25, -0.2) is 0 Å². The number of hydrogen-bond donors (Lipinski definition) is 0. The van der Waals surface area contributed by atoms with Gasteiger partial charge in [0.2, 0.25) is 0 Å². The summed E-state index contributed by atoms with van der Waals surface area (Å²) in [4.78, 5) is 2.53. The summed E-state index contributed by atoms with van der Waals surface area (Å²) < 4.78 is 1.18. The molecule has 2 aliphatic carbocycles. The fourth-order valence-electron chi connectivity index (χ4n) is 6.23. The van der Waals surface area contributed by atoms with Crippen LogP contribution in [0.4, 0.5) is 0 Å². The van der Waals surface area contributed by atoms with Crippen molar-refractivity contribution in [2.45, 2.75) is 57.9 Å². The number of rotatable bonds is 0. The fourth-order valence-corrected chi connectivity index (χ4v) is 6.69. The Kier molecular flexibility index (Phi) is 3.05. The second-order valence-corrected chi connectivity index (χ2v) is 11.3. The van der Waals surface area contributed by atoms with Gasteiger partial charge in [-0.3, -0.25) is 0 Å². The molecule has 0 N–H and O–H groups in total. The maximum atomic E-state index is 3.84. The van der Waals surface area contributed by atoms with Crippen LogP contribution in [-0.2, 0) is 16.4 Å². The Hall–Kier alpha value is -2.06. The van der Waals surface area contributed by atoms with E-state index < -0.39 is 0 Å². The lowest BCUT2D eigenvalue weighted by atomic mass is 9.56. The van der Waals surface area contributed by atoms with Gasteiger partial charge in [0.15, 0.2) is 0 Å². The Morgan fingerprint density at radius 2 is 1.41 bits per heavy atom. The van der Waals surface area contributed by atoms with Crippen LogP contribution >= 0.6 is 15.9 Å². The minimum atomic E-state index is -0.0866. The highest BCUT2D eigenvalue weighted by molar-refractivity contribution is 9.10. The van der Waals surface area contributed by atoms with Gasteiger partial charge >= 0.3 is 0 Å². The Balaban J connectivity index is 1.91. The highest BCUT2D eigenvalue weighted by Gasteiger charge is 2.52. The average molecular weight is 444 g/mol. The minimum absolute atomic E-state index is 0.0384. The largest absolute Gasteiger partial charge is 0.338 e. The molecule has 146 valence electrons. The molecule has 0 spiro atoms. The summed E-state index contributed by atoms with van der Waals surface area (Å²) in [6, 6.07) is 11.7. The van der Waals surface area contributed by atoms with Crippen molar-refractivity contribution in [3.8, 4) is 0 Å². The zero-order valence-electron chi connectivity index (χ0n) is 17.9. The first-order valence-corrected chi connectivity index (χ1v) is 11.3. The average Bonchev–Trinajstić information content (AvgIpc) is 2.66. The maximum Gasteiger partial charge on any atom is 0.0646 e. The second-order valence-electron chi connectivity index (χ2n) is 10.4. The molecule has 0 atom stereocenters. The predicted molar refractivity (Wildman–Crippen MR) is 124 cm³/mol. The van der Waals surface area contributed by atoms with E-state index in [-0.39, 0.29) is 16.4 Å². The SMILES string of the molecule is [12CH3]C1([12CH3])C2=CC=CN3C2=C2c4c1cc(Br)cc4C([12CH3])([12CH3])c1cccc(c12)C3([12CH3])[12CH3]. The van der Waals surface area contributed by atoms with E-state index in [4.69, 9.17) is 0 Å². The van der Waals surface area contributed by atoms with Crippen LogP contribution in [0.25, 0.3) is 5.57 Å². The van der Waals surface area contributed by atoms with E-state index in [0.29, 0.717) is 0 Å². The summed E-state index contributed by atoms with van der Waals surface area (Å²) in [5, 5.41) is 0. The van der Waals surface area contributed by atoms with Crippen molar-refractivity contribution in [2.24, 2.45) is 0 Å². The van der Waals surface area contributed by atoms with Crippen LogP contribution in [0.15, 0.2) is 64.4 Å². The summed E-state index contributed by atoms with van der Waals surface area (Å²) in [6.45, 7) is 14.3. The van der Waals surface area contributed by atoms with E-state index in [1.165, 1.54) is 54.7 Å². The van der Waals surface area contributed by atoms with Crippen molar-refractivity contribution in [1.82, 2.24) is 4.90 Å². The smallest absolute Gasteiger partial charge is 0.0646 e. The summed E-state index contributed by atoms with van der Waals surface area (Å²) in [5.41, 5.74) is 12.8. The van der Waals surface area contributed by atoms with Crippen LogP contribution in [0.2, 0.25) is 0 Å². The Bertz CT molecular complexity index is 1230. The zero-order chi connectivity index (χ0) is 20.5. The lowest BCUT2D eigenvalue weighted by molar-refractivity contribution is 0.227. The molecule has 2 aromatic carbocycles. The minimum Gasteiger partial charge on any atom is -0.338 e. The topological polar surface area (TPSA) is 3.24 Å². The summed E-state index contributed by atoms with van der Waals surface area (Å²) in [6.07, 6.45) is 6.85. The van der Waals surface area contributed by atoms with Crippen LogP contribution in [0.1, 0.15) is 74.9 Å². The van der Waals surface area contributed by atoms with Gasteiger partial charge in [0.25, 0.3) is 0 Å². The quantitative estimate of drug-likeness (QED) is 0.417. The molecule has 4 aliphatic rings. The van der Waals surface area contributed by atoms with E-state index in [9.17, 15) is 0 Å². The molecule has 0 radical (unpaired) electrons. The molecule has 2 aliphatic heterocycles. The van der Waals surface area contributed by atoms with Crippen molar-refractivity contribution in [1.29, 1.82) is 0 Å². The molecule has 0 bridgehead atoms. The number of hydrogen-bond acceptors (Lipinski definition) is 1. The molecule has 0 fully saturated rings. The third kappa shape index (κ3) is 1.84. The predicted octanol–water partition coefficient (Wildman–Crippen LogP) is 7.14. The van der Waals surface area contributed by atoms with Gasteiger partial charge in [-0.2, -0.15) is 0 Å². The highest BCUT2D eigenvalue weighted by Crippen LogP contribution is 2.62. The van der Waals surface area contributed by atoms with Gasteiger partial charge in [-0.15, -0.1) is 0 Å². The third-order valence-corrected chi connectivity index (χ3v) is 8.31. The van der Waals surface area contributed by atoms with E-state index in [1.807, 2.05) is 0 Å². The van der Waals surface area contributed by atoms with E-state index in [2.05, 4.69) is 111 Å². The molecule has 0 saturated heterocycles. The number of benzene rings is 2. The Morgan fingerprint density at radius 1 is 0.793 bits per heavy atom. The van der Waals surface area contributed by atoms with E-state index in [1.54, 1.807) is 0 Å². The molecule has 0 unspecified atom stereocenters. The van der Waals surface area contributed by atoms with Gasteiger partial charge in [0.1, 0.15) is 0 Å². The lowest BCUT2D eigenvalue weighted by Gasteiger charge is -2.55. The van der Waals surface area contributed by atoms with Gasteiger partial charge in [-0.1, -0.05) is 67.9 Å². The van der Waals surface area contributed by atoms with Crippen molar-refractivity contribution >= 4 is 21.5 Å². The molecular formula is C27H26BrN. The molecule has 29 heavy (non-hydrogen) atoms. The molecule has 6 rings (SSSR count). The molecule has 2 aromatic rings. The van der Waals surface area contributed by atoms with Gasteiger partial charge < -0.3 is 4.90 Å². The Morgan fingerprint density at radius 3 is 2.14 bits per heavy atom. The van der Waals surface area contributed by atoms with Gasteiger partial charge in [0, 0.05) is 27.1 Å². The molecule has 2 heteroatoms. The van der Waals surface area contributed by atoms with Crippen molar-refractivity contribution in [3.63, 3.8) is 0 Å². The Labute approximate surface area is 181 Å². The second kappa shape index (κ2) is 4.98. The first kappa shape index (κ1) is 17.8. The number of allylic oxidation sites excluding steroid dienone is 3. The van der Waals surface area contributed by atoms with Crippen LogP contribution in [0.5, 0.6) is 0 Å². The van der Waals surface area contributed by atoms with E-state index >= 15 is 0 Å². The third-order valence-electron chi connectivity index (χ3n) is 7.85. The standard InChI is InChI=1S/C27H26BrN/c1-25(2)16-9-7-10-17-21(16)23-22-19(25)13-15(28)14-20(22)26(3,4)18-11-8-12-29(24(18)23)27(17,5)6/h7-14H,1-6H3/i1+0,2+0,3+0,4+0,5+0,6+0. The fraction of sp³-hybridized carbons (Fsp3) is 0.333. The van der Waals surface area contributed by atoms with E-state index in [0.717, 1.165) is 0 Å². The van der Waals surface area contributed by atoms with Crippen molar-refractivity contribution < 1.29 is 0 Å². The molecule has 2 heterocycles. The normalized spacial score (nSPS) is 23.0. The summed E-state index contributed by atoms with van der Waals surface area (Å²) in [5.74, 6) is 0. The lowest BCUT2D eigenvalue weighted by Crippen LogP contribution is -2.48. The van der Waals surface area contributed by atoms with Crippen LogP contribution in [0, 0.1) is 0 Å². The molecular weight excluding hydrogens is 418 g/mol. The highest BCUT2D eigenvalue weighted by atomic mass is 79.9. The molecule has 0 aromatic heterocycles. The monoisotopic (exact) mass is 443 g/mol. The van der Waals surface area contributed by atoms with Crippen LogP contribution in [0.3, 0.4) is 0 Å². The maximum absolute atomic E-state index is 3.84. The van der Waals surface area contributed by atoms with Gasteiger partial charge in [0.05, 0.1) is 11.2 Å². The number of nitrogens with zero attached hydrogens (tertiary/aromatic N) is 1. The summed E-state index contributed by atoms with van der Waals surface area (Å²) >= 11 is 3.84. The van der Waals surface area contributed by atoms with Crippen molar-refractivity contribution in [3.05, 3.63) is 97.8 Å². The zero-order valence-corrected chi connectivity index (χ0v) is 19.5. The number of halogens is 1. The molecule has 0 amide bonds. The summed E-state index contributed by atoms with van der Waals surface area (Å²) in [7, 11) is 0. The van der Waals surface area contributed by atoms with Gasteiger partial charge in [-0.05, 0) is 71.0 Å². The molecule has 1 nitrogen and oxygen atoms in total. The first-order chi connectivity index (χ1) is 13.6. The first-order valence-electron chi connectivity index (χ1n) is 10.5. The van der Waals surface area contributed by atoms with Crippen LogP contribution < -0.4 is 0 Å². The molecule has 0 saturated carbocycles. The van der Waals surface area contributed by atoms with Crippen molar-refractivity contribution in [2.75, 3.05) is 0 Å². The van der Waals surface area contributed by atoms with Crippen LogP contribution in [-0.4, -0.2) is 4.90 Å².